The number of allylic oxidation sites excluding steroid dienone is 3. The van der Waals surface area contributed by atoms with Crippen molar-refractivity contribution in [3.63, 3.8) is 0 Å². The van der Waals surface area contributed by atoms with Gasteiger partial charge in [-0.1, -0.05) is 63.3 Å². The smallest absolute Gasteiger partial charge is 0.0349 e. The Morgan fingerprint density at radius 2 is 1.96 bits per heavy atom. The highest BCUT2D eigenvalue weighted by Gasteiger charge is 2.23. The van der Waals surface area contributed by atoms with Gasteiger partial charge in [0.05, 0.1) is 0 Å². The van der Waals surface area contributed by atoms with Crippen LogP contribution in [0.1, 0.15) is 55.5 Å². The van der Waals surface area contributed by atoms with Crippen LogP contribution in [0.2, 0.25) is 0 Å². The van der Waals surface area contributed by atoms with Crippen LogP contribution in [0, 0.1) is 5.92 Å². The van der Waals surface area contributed by atoms with Crippen LogP contribution in [0.5, 0.6) is 0 Å². The molecule has 2 aromatic rings. The molecule has 0 heterocycles. The minimum absolute atomic E-state index is 0.417. The van der Waals surface area contributed by atoms with E-state index in [0.29, 0.717) is 12.0 Å². The highest BCUT2D eigenvalue weighted by Crippen LogP contribution is 2.42. The van der Waals surface area contributed by atoms with E-state index in [2.05, 4.69) is 68.6 Å². The summed E-state index contributed by atoms with van der Waals surface area (Å²) in [6.45, 7) is 7.82. The minimum Gasteiger partial charge on any atom is -0.310 e. The van der Waals surface area contributed by atoms with E-state index < -0.39 is 0 Å². The van der Waals surface area contributed by atoms with Gasteiger partial charge in [-0.3, -0.25) is 0 Å². The van der Waals surface area contributed by atoms with Gasteiger partial charge in [0.1, 0.15) is 0 Å². The summed E-state index contributed by atoms with van der Waals surface area (Å²) in [5, 5.41) is 6.64. The van der Waals surface area contributed by atoms with Crippen LogP contribution in [0.15, 0.2) is 36.4 Å². The van der Waals surface area contributed by atoms with Crippen LogP contribution in [0.25, 0.3) is 22.4 Å². The summed E-state index contributed by atoms with van der Waals surface area (Å²) < 4.78 is 0. The minimum atomic E-state index is 0.417. The number of benzene rings is 2. The first-order valence-electron chi connectivity index (χ1n) is 8.88. The lowest BCUT2D eigenvalue weighted by Gasteiger charge is -2.28. The lowest BCUT2D eigenvalue weighted by atomic mass is 9.79. The van der Waals surface area contributed by atoms with Crippen LogP contribution in [-0.2, 0) is 6.42 Å². The fourth-order valence-corrected chi connectivity index (χ4v) is 4.24. The van der Waals surface area contributed by atoms with E-state index in [0.717, 1.165) is 19.4 Å². The predicted octanol–water partition coefficient (Wildman–Crippen LogP) is 5.50. The van der Waals surface area contributed by atoms with Gasteiger partial charge in [0.25, 0.3) is 0 Å². The average Bonchev–Trinajstić information content (AvgIpc) is 2.57. The van der Waals surface area contributed by atoms with E-state index in [1.54, 1.807) is 0 Å². The number of hydrogen-bond donors (Lipinski definition) is 1. The molecule has 1 N–H and O–H groups in total. The summed E-state index contributed by atoms with van der Waals surface area (Å²) in [5.41, 5.74) is 7.34. The van der Waals surface area contributed by atoms with E-state index in [1.165, 1.54) is 38.6 Å². The zero-order valence-corrected chi connectivity index (χ0v) is 14.3. The van der Waals surface area contributed by atoms with E-state index in [1.807, 2.05) is 0 Å². The molecule has 0 fully saturated rings. The van der Waals surface area contributed by atoms with Crippen molar-refractivity contribution < 1.29 is 0 Å². The molecule has 0 bridgehead atoms. The Morgan fingerprint density at radius 1 is 1.09 bits per heavy atom. The molecule has 2 aliphatic carbocycles. The van der Waals surface area contributed by atoms with Gasteiger partial charge in [0.2, 0.25) is 0 Å². The lowest BCUT2D eigenvalue weighted by molar-refractivity contribution is 0.424. The molecule has 0 saturated carbocycles. The molecule has 1 atom stereocenters. The number of hydrogen-bond acceptors (Lipinski definition) is 1. The van der Waals surface area contributed by atoms with Gasteiger partial charge in [0.15, 0.2) is 0 Å². The first kappa shape index (κ1) is 14.7. The maximum Gasteiger partial charge on any atom is 0.0349 e. The monoisotopic (exact) mass is 303 g/mol. The van der Waals surface area contributed by atoms with Gasteiger partial charge in [0, 0.05) is 6.04 Å². The molecule has 23 heavy (non-hydrogen) atoms. The molecule has 0 radical (unpaired) electrons. The van der Waals surface area contributed by atoms with Crippen molar-refractivity contribution in [2.24, 2.45) is 5.92 Å². The summed E-state index contributed by atoms with van der Waals surface area (Å²) in [7, 11) is 0. The summed E-state index contributed by atoms with van der Waals surface area (Å²) in [6.07, 6.45) is 9.16. The zero-order chi connectivity index (χ0) is 16.0. The summed E-state index contributed by atoms with van der Waals surface area (Å²) in [6, 6.07) is 9.78. The van der Waals surface area contributed by atoms with Gasteiger partial charge >= 0.3 is 0 Å². The standard InChI is InChI=1S/C22H25N/c1-4-23-22(14(2)3)19-13-11-17-9-8-15-6-5-7-16-10-12-18(19)21(17)20(15)16/h5,7-8,10-14,22-23H,4,6,9H2,1-3H3. The Bertz CT molecular complexity index is 823. The Morgan fingerprint density at radius 3 is 2.74 bits per heavy atom. The van der Waals surface area contributed by atoms with Crippen molar-refractivity contribution in [1.29, 1.82) is 0 Å². The molecule has 0 amide bonds. The second-order valence-electron chi connectivity index (χ2n) is 7.09. The highest BCUT2D eigenvalue weighted by atomic mass is 14.9. The Labute approximate surface area is 139 Å². The Kier molecular flexibility index (Phi) is 3.61. The lowest BCUT2D eigenvalue weighted by Crippen LogP contribution is -2.25. The third-order valence-corrected chi connectivity index (χ3v) is 5.28. The molecular formula is C22H25N. The molecule has 2 aliphatic rings. The second kappa shape index (κ2) is 5.65. The van der Waals surface area contributed by atoms with Crippen molar-refractivity contribution in [1.82, 2.24) is 5.32 Å². The van der Waals surface area contributed by atoms with Crippen LogP contribution in [-0.4, -0.2) is 6.54 Å². The van der Waals surface area contributed by atoms with Crippen LogP contribution < -0.4 is 5.32 Å². The van der Waals surface area contributed by atoms with Gasteiger partial charge in [-0.15, -0.1) is 0 Å². The number of rotatable bonds is 4. The van der Waals surface area contributed by atoms with Gasteiger partial charge < -0.3 is 5.32 Å². The van der Waals surface area contributed by atoms with E-state index in [4.69, 9.17) is 0 Å². The first-order chi connectivity index (χ1) is 11.2. The summed E-state index contributed by atoms with van der Waals surface area (Å²) in [4.78, 5) is 0. The third-order valence-electron chi connectivity index (χ3n) is 5.28. The average molecular weight is 303 g/mol. The topological polar surface area (TPSA) is 12.0 Å². The molecule has 1 heteroatoms. The largest absolute Gasteiger partial charge is 0.310 e. The van der Waals surface area contributed by atoms with Gasteiger partial charge in [-0.25, -0.2) is 0 Å². The van der Waals surface area contributed by atoms with Gasteiger partial charge in [-0.05, 0) is 63.9 Å². The quantitative estimate of drug-likeness (QED) is 0.786. The molecule has 1 unspecified atom stereocenters. The summed E-state index contributed by atoms with van der Waals surface area (Å²) in [5.74, 6) is 0.581. The maximum atomic E-state index is 3.69. The molecule has 2 aromatic carbocycles. The molecular weight excluding hydrogens is 278 g/mol. The molecule has 4 rings (SSSR count). The molecule has 0 aliphatic heterocycles. The number of nitrogens with one attached hydrogen (secondary N) is 1. The zero-order valence-electron chi connectivity index (χ0n) is 14.3. The third kappa shape index (κ3) is 2.26. The Balaban J connectivity index is 2.00. The van der Waals surface area contributed by atoms with Crippen molar-refractivity contribution >= 4 is 22.4 Å². The highest BCUT2D eigenvalue weighted by molar-refractivity contribution is 6.04. The van der Waals surface area contributed by atoms with Gasteiger partial charge in [-0.2, -0.15) is 0 Å². The van der Waals surface area contributed by atoms with Crippen LogP contribution >= 0.6 is 0 Å². The van der Waals surface area contributed by atoms with Crippen LogP contribution in [0.4, 0.5) is 0 Å². The second-order valence-corrected chi connectivity index (χ2v) is 7.09. The van der Waals surface area contributed by atoms with E-state index >= 15 is 0 Å². The van der Waals surface area contributed by atoms with E-state index in [9.17, 15) is 0 Å². The van der Waals surface area contributed by atoms with Crippen molar-refractivity contribution in [3.05, 3.63) is 58.7 Å². The normalized spacial score (nSPS) is 16.8. The molecule has 0 aromatic heterocycles. The molecule has 0 spiro atoms. The molecule has 1 nitrogen and oxygen atoms in total. The maximum absolute atomic E-state index is 3.69. The Hall–Kier alpha value is -1.86. The van der Waals surface area contributed by atoms with Crippen molar-refractivity contribution in [3.8, 4) is 0 Å². The van der Waals surface area contributed by atoms with Crippen molar-refractivity contribution in [2.45, 2.75) is 39.7 Å². The fraction of sp³-hybridized carbons (Fsp3) is 0.364. The SMILES string of the molecule is CCNC(c1ccc2c3c4c(ccc13)C=CCC4=CC2)C(C)C. The summed E-state index contributed by atoms with van der Waals surface area (Å²) >= 11 is 0. The first-order valence-corrected chi connectivity index (χ1v) is 8.88. The fourth-order valence-electron chi connectivity index (χ4n) is 4.24. The predicted molar refractivity (Wildman–Crippen MR) is 101 cm³/mol. The van der Waals surface area contributed by atoms with Crippen LogP contribution in [0.3, 0.4) is 0 Å². The molecule has 118 valence electrons. The van der Waals surface area contributed by atoms with Crippen molar-refractivity contribution in [2.75, 3.05) is 6.54 Å². The van der Waals surface area contributed by atoms with E-state index in [-0.39, 0.29) is 0 Å². The molecule has 0 saturated heterocycles.